The highest BCUT2D eigenvalue weighted by atomic mass is 16.5. The Morgan fingerprint density at radius 2 is 2.00 bits per heavy atom. The molecule has 0 bridgehead atoms. The zero-order chi connectivity index (χ0) is 16.5. The molecule has 0 radical (unpaired) electrons. The molecule has 6 heteroatoms. The molecular weight excluding hydrogens is 296 g/mol. The van der Waals surface area contributed by atoms with Crippen molar-refractivity contribution in [1.82, 2.24) is 5.32 Å². The van der Waals surface area contributed by atoms with E-state index in [-0.39, 0.29) is 24.4 Å². The number of amidine groups is 1. The second-order valence-electron chi connectivity index (χ2n) is 4.79. The SMILES string of the molecule is COCCOC(=N[C@@H](C)c1ccccc1)NC(=O)c1ccco1. The molecule has 1 heterocycles. The Kier molecular flexibility index (Phi) is 6.38. The number of furan rings is 1. The van der Waals surface area contributed by atoms with Crippen molar-refractivity contribution >= 4 is 11.9 Å². The van der Waals surface area contributed by atoms with Gasteiger partial charge in [0.2, 0.25) is 0 Å². The first kappa shape index (κ1) is 16.8. The topological polar surface area (TPSA) is 73.1 Å². The maximum atomic E-state index is 12.1. The molecule has 1 atom stereocenters. The second-order valence-corrected chi connectivity index (χ2v) is 4.79. The lowest BCUT2D eigenvalue weighted by atomic mass is 10.1. The van der Waals surface area contributed by atoms with Crippen molar-refractivity contribution in [2.75, 3.05) is 20.3 Å². The third-order valence-electron chi connectivity index (χ3n) is 3.08. The number of nitrogens with one attached hydrogen (secondary N) is 1. The molecule has 1 N–H and O–H groups in total. The number of rotatable bonds is 6. The normalized spacial score (nSPS) is 12.7. The molecule has 1 amide bonds. The van der Waals surface area contributed by atoms with Crippen molar-refractivity contribution in [2.45, 2.75) is 13.0 Å². The van der Waals surface area contributed by atoms with Gasteiger partial charge in [-0.05, 0) is 24.6 Å². The summed E-state index contributed by atoms with van der Waals surface area (Å²) in [4.78, 5) is 16.5. The van der Waals surface area contributed by atoms with E-state index in [4.69, 9.17) is 13.9 Å². The quantitative estimate of drug-likeness (QED) is 0.505. The number of carbonyl (C=O) groups excluding carboxylic acids is 1. The lowest BCUT2D eigenvalue weighted by Gasteiger charge is -2.13. The van der Waals surface area contributed by atoms with E-state index in [1.54, 1.807) is 19.2 Å². The standard InChI is InChI=1S/C17H20N2O4/c1-13(14-7-4-3-5-8-14)18-17(23-12-11-21-2)19-16(20)15-9-6-10-22-15/h3-10,13H,11-12H2,1-2H3,(H,18,19,20)/t13-/m0/s1. The molecular formula is C17H20N2O4. The molecule has 1 aromatic heterocycles. The van der Waals surface area contributed by atoms with E-state index < -0.39 is 5.91 Å². The summed E-state index contributed by atoms with van der Waals surface area (Å²) >= 11 is 0. The van der Waals surface area contributed by atoms with Gasteiger partial charge in [-0.15, -0.1) is 0 Å². The first-order chi connectivity index (χ1) is 11.2. The third-order valence-corrected chi connectivity index (χ3v) is 3.08. The maximum Gasteiger partial charge on any atom is 0.294 e. The van der Waals surface area contributed by atoms with E-state index >= 15 is 0 Å². The number of carbonyl (C=O) groups is 1. The molecule has 0 saturated heterocycles. The van der Waals surface area contributed by atoms with Crippen molar-refractivity contribution in [3.05, 3.63) is 60.1 Å². The Labute approximate surface area is 135 Å². The Morgan fingerprint density at radius 3 is 2.65 bits per heavy atom. The van der Waals surface area contributed by atoms with E-state index in [1.807, 2.05) is 37.3 Å². The maximum absolute atomic E-state index is 12.1. The van der Waals surface area contributed by atoms with Crippen LogP contribution in [0.25, 0.3) is 0 Å². The zero-order valence-electron chi connectivity index (χ0n) is 13.2. The molecule has 0 aliphatic heterocycles. The number of aliphatic imine (C=N–C) groups is 1. The monoisotopic (exact) mass is 316 g/mol. The molecule has 0 spiro atoms. The molecule has 0 saturated carbocycles. The fourth-order valence-electron chi connectivity index (χ4n) is 1.88. The first-order valence-corrected chi connectivity index (χ1v) is 7.30. The first-order valence-electron chi connectivity index (χ1n) is 7.30. The minimum absolute atomic E-state index is 0.139. The van der Waals surface area contributed by atoms with Crippen LogP contribution >= 0.6 is 0 Å². The largest absolute Gasteiger partial charge is 0.463 e. The van der Waals surface area contributed by atoms with Crippen molar-refractivity contribution in [1.29, 1.82) is 0 Å². The van der Waals surface area contributed by atoms with Gasteiger partial charge in [-0.25, -0.2) is 4.99 Å². The van der Waals surface area contributed by atoms with Crippen LogP contribution in [0.15, 0.2) is 58.1 Å². The molecule has 2 aromatic rings. The summed E-state index contributed by atoms with van der Waals surface area (Å²) in [5.41, 5.74) is 1.02. The summed E-state index contributed by atoms with van der Waals surface area (Å²) in [5, 5.41) is 2.62. The zero-order valence-corrected chi connectivity index (χ0v) is 13.2. The smallest absolute Gasteiger partial charge is 0.294 e. The van der Waals surface area contributed by atoms with Gasteiger partial charge in [0, 0.05) is 7.11 Å². The van der Waals surface area contributed by atoms with Crippen LogP contribution in [0.2, 0.25) is 0 Å². The highest BCUT2D eigenvalue weighted by molar-refractivity contribution is 6.02. The van der Waals surface area contributed by atoms with Crippen molar-refractivity contribution in [2.24, 2.45) is 4.99 Å². The summed E-state index contributed by atoms with van der Waals surface area (Å²) in [6, 6.07) is 12.9. The molecule has 23 heavy (non-hydrogen) atoms. The predicted molar refractivity (Wildman–Crippen MR) is 86.3 cm³/mol. The van der Waals surface area contributed by atoms with Gasteiger partial charge in [-0.3, -0.25) is 10.1 Å². The number of benzene rings is 1. The number of methoxy groups -OCH3 is 1. The number of hydrogen-bond donors (Lipinski definition) is 1. The van der Waals surface area contributed by atoms with Crippen molar-refractivity contribution < 1.29 is 18.7 Å². The summed E-state index contributed by atoms with van der Waals surface area (Å²) in [6.07, 6.45) is 1.43. The summed E-state index contributed by atoms with van der Waals surface area (Å²) in [6.45, 7) is 2.61. The Morgan fingerprint density at radius 1 is 1.22 bits per heavy atom. The van der Waals surface area contributed by atoms with E-state index in [1.165, 1.54) is 6.26 Å². The van der Waals surface area contributed by atoms with Crippen LogP contribution in [-0.4, -0.2) is 32.3 Å². The molecule has 0 unspecified atom stereocenters. The van der Waals surface area contributed by atoms with Crippen molar-refractivity contribution in [3.63, 3.8) is 0 Å². The minimum atomic E-state index is -0.411. The molecule has 0 fully saturated rings. The number of nitrogens with zero attached hydrogens (tertiary/aromatic N) is 1. The fourth-order valence-corrected chi connectivity index (χ4v) is 1.88. The molecule has 0 aliphatic carbocycles. The van der Waals surface area contributed by atoms with Gasteiger partial charge >= 0.3 is 0 Å². The predicted octanol–water partition coefficient (Wildman–Crippen LogP) is 2.79. The van der Waals surface area contributed by atoms with Crippen molar-refractivity contribution in [3.8, 4) is 0 Å². The van der Waals surface area contributed by atoms with Gasteiger partial charge in [0.05, 0.1) is 18.9 Å². The van der Waals surface area contributed by atoms with Gasteiger partial charge < -0.3 is 13.9 Å². The van der Waals surface area contributed by atoms with Gasteiger partial charge in [-0.2, -0.15) is 0 Å². The lowest BCUT2D eigenvalue weighted by Crippen LogP contribution is -2.33. The van der Waals surface area contributed by atoms with Crippen LogP contribution in [0.1, 0.15) is 29.1 Å². The highest BCUT2D eigenvalue weighted by Crippen LogP contribution is 2.16. The van der Waals surface area contributed by atoms with E-state index in [0.29, 0.717) is 6.61 Å². The summed E-state index contributed by atoms with van der Waals surface area (Å²) in [5.74, 6) is -0.216. The average molecular weight is 316 g/mol. The molecule has 0 aliphatic rings. The van der Waals surface area contributed by atoms with Gasteiger partial charge in [0.15, 0.2) is 5.76 Å². The van der Waals surface area contributed by atoms with Crippen LogP contribution in [-0.2, 0) is 9.47 Å². The Balaban J connectivity index is 2.09. The number of amides is 1. The van der Waals surface area contributed by atoms with E-state index in [2.05, 4.69) is 10.3 Å². The van der Waals surface area contributed by atoms with Gasteiger partial charge in [0.25, 0.3) is 11.9 Å². The highest BCUT2D eigenvalue weighted by Gasteiger charge is 2.14. The van der Waals surface area contributed by atoms with Crippen LogP contribution < -0.4 is 5.32 Å². The minimum Gasteiger partial charge on any atom is -0.463 e. The van der Waals surface area contributed by atoms with Crippen LogP contribution in [0.5, 0.6) is 0 Å². The van der Waals surface area contributed by atoms with Gasteiger partial charge in [-0.1, -0.05) is 30.3 Å². The van der Waals surface area contributed by atoms with Crippen LogP contribution in [0.4, 0.5) is 0 Å². The summed E-state index contributed by atoms with van der Waals surface area (Å²) < 4.78 is 15.5. The Hall–Kier alpha value is -2.60. The fraction of sp³-hybridized carbons (Fsp3) is 0.294. The third kappa shape index (κ3) is 5.27. The van der Waals surface area contributed by atoms with Crippen LogP contribution in [0, 0.1) is 0 Å². The van der Waals surface area contributed by atoms with Gasteiger partial charge in [0.1, 0.15) is 6.61 Å². The summed E-state index contributed by atoms with van der Waals surface area (Å²) in [7, 11) is 1.58. The Bertz CT molecular complexity index is 623. The molecule has 6 nitrogen and oxygen atoms in total. The molecule has 122 valence electrons. The average Bonchev–Trinajstić information content (AvgIpc) is 3.10. The number of hydrogen-bond acceptors (Lipinski definition) is 5. The van der Waals surface area contributed by atoms with Crippen LogP contribution in [0.3, 0.4) is 0 Å². The lowest BCUT2D eigenvalue weighted by molar-refractivity contribution is 0.0927. The molecule has 2 rings (SSSR count). The molecule has 1 aromatic carbocycles. The van der Waals surface area contributed by atoms with E-state index in [0.717, 1.165) is 5.56 Å². The number of ether oxygens (including phenoxy) is 2. The van der Waals surface area contributed by atoms with E-state index in [9.17, 15) is 4.79 Å². The second kappa shape index (κ2) is 8.75.